The van der Waals surface area contributed by atoms with Crippen molar-refractivity contribution in [2.24, 2.45) is 0 Å². The van der Waals surface area contributed by atoms with Crippen LogP contribution in [-0.4, -0.2) is 75.5 Å². The number of ether oxygens (including phenoxy) is 3. The summed E-state index contributed by atoms with van der Waals surface area (Å²) in [6.07, 6.45) is 3.29. The highest BCUT2D eigenvalue weighted by Gasteiger charge is 2.44. The summed E-state index contributed by atoms with van der Waals surface area (Å²) in [6.45, 7) is 7.00. The van der Waals surface area contributed by atoms with Crippen molar-refractivity contribution < 1.29 is 14.2 Å². The van der Waals surface area contributed by atoms with Gasteiger partial charge in [0.15, 0.2) is 23.0 Å². The van der Waals surface area contributed by atoms with Crippen LogP contribution in [0.25, 0.3) is 5.65 Å². The molecule has 0 radical (unpaired) electrons. The molecule has 0 unspecified atom stereocenters. The Bertz CT molecular complexity index is 1360. The average molecular weight is 470 g/mol. The minimum absolute atomic E-state index is 0.0690. The van der Waals surface area contributed by atoms with Crippen LogP contribution in [-0.2, 0) is 0 Å². The summed E-state index contributed by atoms with van der Waals surface area (Å²) < 4.78 is 20.3. The number of nitrogens with zero attached hydrogens (tertiary/aromatic N) is 4. The largest absolute Gasteiger partial charge is 0.499 e. The molecular formula is C23H30B4N4O4. The monoisotopic (exact) mass is 470 g/mol. The van der Waals surface area contributed by atoms with Gasteiger partial charge in [-0.25, -0.2) is 4.98 Å². The standard InChI is InChI=1S/C23H30B4N4O4/c1-12-10-16(33-15-4-5-17-18(11-15)35-23(26,27)22(24,25)34-17)7-9-30(12)21-14(3)13(2)20-28-8-6-19(32)31(20)29-21/h4-6,8,11-12,16H,7,9-10,24-27H2,1-3H3/t12-,16+/m1/s1. The highest BCUT2D eigenvalue weighted by molar-refractivity contribution is 6.53. The first-order chi connectivity index (χ1) is 16.5. The van der Waals surface area contributed by atoms with Gasteiger partial charge in [0.2, 0.25) is 0 Å². The molecule has 0 saturated carbocycles. The summed E-state index contributed by atoms with van der Waals surface area (Å²) in [5.74, 6) is 3.06. The summed E-state index contributed by atoms with van der Waals surface area (Å²) in [6, 6.07) is 7.45. The lowest BCUT2D eigenvalue weighted by Gasteiger charge is -2.47. The molecule has 12 heteroatoms. The van der Waals surface area contributed by atoms with E-state index < -0.39 is 10.8 Å². The Kier molecular flexibility index (Phi) is 5.60. The summed E-state index contributed by atoms with van der Waals surface area (Å²) in [7, 11) is 8.15. The molecular weight excluding hydrogens is 440 g/mol. The molecule has 178 valence electrons. The molecule has 35 heavy (non-hydrogen) atoms. The van der Waals surface area contributed by atoms with Crippen LogP contribution in [0.5, 0.6) is 17.2 Å². The number of aromatic nitrogens is 3. The average Bonchev–Trinajstić information content (AvgIpc) is 2.78. The highest BCUT2D eigenvalue weighted by Crippen LogP contribution is 2.41. The van der Waals surface area contributed by atoms with Gasteiger partial charge in [-0.15, -0.1) is 5.10 Å². The van der Waals surface area contributed by atoms with E-state index in [0.717, 1.165) is 47.8 Å². The fourth-order valence-corrected chi connectivity index (χ4v) is 4.80. The first-order valence-electron chi connectivity index (χ1n) is 12.3. The first kappa shape index (κ1) is 23.7. The smallest absolute Gasteiger partial charge is 0.274 e. The van der Waals surface area contributed by atoms with E-state index in [-0.39, 0.29) is 17.7 Å². The van der Waals surface area contributed by atoms with Crippen LogP contribution in [0, 0.1) is 13.8 Å². The van der Waals surface area contributed by atoms with E-state index in [0.29, 0.717) is 11.4 Å². The van der Waals surface area contributed by atoms with Gasteiger partial charge in [-0.2, -0.15) is 4.52 Å². The number of fused-ring (bicyclic) bond motifs is 2. The minimum atomic E-state index is -0.460. The number of hydrogen-bond acceptors (Lipinski definition) is 7. The quantitative estimate of drug-likeness (QED) is 0.444. The van der Waals surface area contributed by atoms with Crippen LogP contribution in [0.1, 0.15) is 30.9 Å². The number of aryl methyl sites for hydroxylation is 1. The molecule has 3 aromatic rings. The molecule has 4 heterocycles. The van der Waals surface area contributed by atoms with Crippen molar-refractivity contribution in [2.45, 2.75) is 56.6 Å². The maximum absolute atomic E-state index is 12.4. The van der Waals surface area contributed by atoms with Gasteiger partial charge in [0.05, 0.1) is 10.8 Å². The SMILES string of the molecule is BC1(B)Oc2ccc(O[C@H]3CCN(c4nn5c(=O)ccnc5c(C)c4C)[C@H](C)C3)cc2OC1(B)B. The number of anilines is 1. The molecule has 8 nitrogen and oxygen atoms in total. The third kappa shape index (κ3) is 4.06. The highest BCUT2D eigenvalue weighted by atomic mass is 16.6. The molecule has 0 N–H and O–H groups in total. The van der Waals surface area contributed by atoms with Gasteiger partial charge in [0, 0.05) is 54.9 Å². The molecule has 1 fully saturated rings. The lowest BCUT2D eigenvalue weighted by Crippen LogP contribution is -2.65. The van der Waals surface area contributed by atoms with Crippen LogP contribution in [0.15, 0.2) is 35.3 Å². The fraction of sp³-hybridized carbons (Fsp3) is 0.435. The van der Waals surface area contributed by atoms with Crippen molar-refractivity contribution in [3.05, 3.63) is 51.9 Å². The van der Waals surface area contributed by atoms with E-state index in [1.54, 1.807) is 0 Å². The molecule has 0 amide bonds. The third-order valence-electron chi connectivity index (χ3n) is 7.75. The van der Waals surface area contributed by atoms with Gasteiger partial charge in [0.1, 0.15) is 43.2 Å². The van der Waals surface area contributed by atoms with E-state index in [9.17, 15) is 4.79 Å². The van der Waals surface area contributed by atoms with Crippen molar-refractivity contribution in [1.29, 1.82) is 0 Å². The molecule has 0 aliphatic carbocycles. The Labute approximate surface area is 209 Å². The summed E-state index contributed by atoms with van der Waals surface area (Å²) >= 11 is 0. The third-order valence-corrected chi connectivity index (χ3v) is 7.75. The minimum Gasteiger partial charge on any atom is -0.499 e. The Morgan fingerprint density at radius 1 is 1.06 bits per heavy atom. The van der Waals surface area contributed by atoms with Crippen LogP contribution < -0.4 is 24.7 Å². The van der Waals surface area contributed by atoms with Gasteiger partial charge in [-0.3, -0.25) is 4.79 Å². The van der Waals surface area contributed by atoms with E-state index in [1.807, 2.05) is 63.4 Å². The normalized spacial score (nSPS) is 22.7. The summed E-state index contributed by atoms with van der Waals surface area (Å²) in [5.41, 5.74) is 2.46. The molecule has 1 saturated heterocycles. The maximum Gasteiger partial charge on any atom is 0.274 e. The van der Waals surface area contributed by atoms with Crippen molar-refractivity contribution >= 4 is 42.9 Å². The van der Waals surface area contributed by atoms with Crippen molar-refractivity contribution in [3.8, 4) is 17.2 Å². The first-order valence-corrected chi connectivity index (χ1v) is 12.3. The van der Waals surface area contributed by atoms with Crippen molar-refractivity contribution in [3.63, 3.8) is 0 Å². The molecule has 2 aliphatic rings. The second-order valence-corrected chi connectivity index (χ2v) is 10.7. The lowest BCUT2D eigenvalue weighted by molar-refractivity contribution is 0.0608. The van der Waals surface area contributed by atoms with Crippen LogP contribution in [0.3, 0.4) is 0 Å². The van der Waals surface area contributed by atoms with Crippen LogP contribution >= 0.6 is 0 Å². The predicted octanol–water partition coefficient (Wildman–Crippen LogP) is -1.25. The summed E-state index contributed by atoms with van der Waals surface area (Å²) in [5, 5.41) is 3.80. The van der Waals surface area contributed by atoms with Crippen LogP contribution in [0.2, 0.25) is 0 Å². The Morgan fingerprint density at radius 2 is 1.77 bits per heavy atom. The number of piperidine rings is 1. The maximum atomic E-state index is 12.4. The molecule has 2 aromatic heterocycles. The van der Waals surface area contributed by atoms with E-state index in [2.05, 4.69) is 21.9 Å². The van der Waals surface area contributed by atoms with E-state index in [4.69, 9.17) is 14.2 Å². The molecule has 2 atom stereocenters. The van der Waals surface area contributed by atoms with Gasteiger partial charge in [-0.05, 0) is 32.9 Å². The van der Waals surface area contributed by atoms with Crippen molar-refractivity contribution in [2.75, 3.05) is 11.4 Å². The summed E-state index contributed by atoms with van der Waals surface area (Å²) in [4.78, 5) is 19.0. The Morgan fingerprint density at radius 3 is 2.49 bits per heavy atom. The lowest BCUT2D eigenvalue weighted by atomic mass is 9.41. The topological polar surface area (TPSA) is 78.2 Å². The zero-order valence-electron chi connectivity index (χ0n) is 21.6. The fourth-order valence-electron chi connectivity index (χ4n) is 4.80. The van der Waals surface area contributed by atoms with E-state index >= 15 is 0 Å². The molecule has 2 aliphatic heterocycles. The van der Waals surface area contributed by atoms with Crippen molar-refractivity contribution in [1.82, 2.24) is 14.6 Å². The number of hydrogen-bond donors (Lipinski definition) is 0. The molecule has 5 rings (SSSR count). The predicted molar refractivity (Wildman–Crippen MR) is 147 cm³/mol. The van der Waals surface area contributed by atoms with Gasteiger partial charge in [-0.1, -0.05) is 0 Å². The van der Waals surface area contributed by atoms with Gasteiger partial charge < -0.3 is 19.1 Å². The molecule has 0 spiro atoms. The van der Waals surface area contributed by atoms with Gasteiger partial charge in [0.25, 0.3) is 5.56 Å². The zero-order chi connectivity index (χ0) is 25.1. The number of rotatable bonds is 3. The van der Waals surface area contributed by atoms with Gasteiger partial charge >= 0.3 is 0 Å². The second kappa shape index (κ2) is 8.28. The Balaban J connectivity index is 1.33. The Hall–Kier alpha value is -3.03. The zero-order valence-corrected chi connectivity index (χ0v) is 21.6. The van der Waals surface area contributed by atoms with E-state index in [1.165, 1.54) is 16.8 Å². The van der Waals surface area contributed by atoms with Crippen LogP contribution in [0.4, 0.5) is 5.82 Å². The second-order valence-electron chi connectivity index (χ2n) is 10.7. The number of benzene rings is 1. The molecule has 1 aromatic carbocycles. The molecule has 0 bridgehead atoms.